The van der Waals surface area contributed by atoms with Crippen molar-refractivity contribution < 1.29 is 42.0 Å². The van der Waals surface area contributed by atoms with Gasteiger partial charge in [-0.3, -0.25) is 24.5 Å². The topological polar surface area (TPSA) is 153 Å². The van der Waals surface area contributed by atoms with E-state index in [2.05, 4.69) is 16.6 Å². The van der Waals surface area contributed by atoms with Gasteiger partial charge in [-0.15, -0.1) is 0 Å². The number of anilines is 1. The van der Waals surface area contributed by atoms with Gasteiger partial charge < -0.3 is 20.3 Å². The van der Waals surface area contributed by atoms with E-state index in [-0.39, 0.29) is 23.5 Å². The molecular weight excluding hydrogens is 537 g/mol. The van der Waals surface area contributed by atoms with Crippen molar-refractivity contribution in [1.29, 1.82) is 0 Å². The molecule has 0 unspecified atom stereocenters. The first-order valence-corrected chi connectivity index (χ1v) is 11.9. The van der Waals surface area contributed by atoms with Gasteiger partial charge in [0.05, 0.1) is 29.1 Å². The van der Waals surface area contributed by atoms with E-state index in [1.54, 1.807) is 12.1 Å². The highest BCUT2D eigenvalue weighted by molar-refractivity contribution is 6.10. The Kier molecular flexibility index (Phi) is 9.57. The van der Waals surface area contributed by atoms with Gasteiger partial charge in [0.2, 0.25) is 5.91 Å². The summed E-state index contributed by atoms with van der Waals surface area (Å²) in [7, 11) is 0. The summed E-state index contributed by atoms with van der Waals surface area (Å²) in [6.45, 7) is -0.790. The SMILES string of the molecule is NCCCC#Cc1ccc2c(c1)C(=O)N(CCC(=O)OC(=O)C(F)(F)F)CC(=O)N2Cc1cccc([N+](=O)[O-])c1. The number of carbonyl (C=O) groups excluding carboxylic acids is 4. The second-order valence-corrected chi connectivity index (χ2v) is 8.57. The van der Waals surface area contributed by atoms with Crippen LogP contribution in [0, 0.1) is 22.0 Å². The number of nitro benzene ring substituents is 1. The number of alkyl halides is 3. The van der Waals surface area contributed by atoms with Gasteiger partial charge in [-0.05, 0) is 36.7 Å². The normalized spacial score (nSPS) is 13.2. The Bertz CT molecular complexity index is 1400. The summed E-state index contributed by atoms with van der Waals surface area (Å²) in [6.07, 6.45) is -5.01. The number of halogens is 3. The van der Waals surface area contributed by atoms with Crippen LogP contribution in [0.1, 0.15) is 40.7 Å². The number of non-ortho nitro benzene ring substituents is 1. The summed E-state index contributed by atoms with van der Waals surface area (Å²) < 4.78 is 41.0. The van der Waals surface area contributed by atoms with Crippen LogP contribution in [0.15, 0.2) is 42.5 Å². The Balaban J connectivity index is 1.93. The van der Waals surface area contributed by atoms with Gasteiger partial charge in [-0.25, -0.2) is 4.79 Å². The van der Waals surface area contributed by atoms with Crippen molar-refractivity contribution >= 4 is 35.1 Å². The quantitative estimate of drug-likeness (QED) is 0.129. The molecule has 0 radical (unpaired) electrons. The first-order chi connectivity index (χ1) is 18.9. The maximum absolute atomic E-state index is 13.4. The van der Waals surface area contributed by atoms with E-state index in [4.69, 9.17) is 5.73 Å². The molecule has 1 heterocycles. The van der Waals surface area contributed by atoms with Gasteiger partial charge >= 0.3 is 18.1 Å². The van der Waals surface area contributed by atoms with E-state index in [0.717, 1.165) is 4.90 Å². The second kappa shape index (κ2) is 12.9. The Hall–Kier alpha value is -4.77. The number of ether oxygens (including phenoxy) is 1. The van der Waals surface area contributed by atoms with Crippen molar-refractivity contribution in [2.45, 2.75) is 32.0 Å². The van der Waals surface area contributed by atoms with Gasteiger partial charge in [0, 0.05) is 30.7 Å². The molecule has 14 heteroatoms. The van der Waals surface area contributed by atoms with Crippen LogP contribution in [-0.2, 0) is 25.7 Å². The number of amides is 2. The monoisotopic (exact) mass is 560 g/mol. The van der Waals surface area contributed by atoms with Crippen LogP contribution in [0.2, 0.25) is 0 Å². The fourth-order valence-electron chi connectivity index (χ4n) is 3.74. The number of benzene rings is 2. The zero-order chi connectivity index (χ0) is 29.4. The van der Waals surface area contributed by atoms with Gasteiger partial charge in [-0.1, -0.05) is 24.0 Å². The number of fused-ring (bicyclic) bond motifs is 1. The molecular formula is C26H23F3N4O7. The van der Waals surface area contributed by atoms with Crippen LogP contribution in [0.25, 0.3) is 0 Å². The molecule has 0 fully saturated rings. The molecule has 2 aromatic carbocycles. The molecule has 1 aliphatic heterocycles. The van der Waals surface area contributed by atoms with Crippen molar-refractivity contribution in [3.05, 3.63) is 69.3 Å². The Morgan fingerprint density at radius 2 is 1.90 bits per heavy atom. The van der Waals surface area contributed by atoms with Crippen molar-refractivity contribution in [1.82, 2.24) is 4.90 Å². The molecule has 0 aliphatic carbocycles. The largest absolute Gasteiger partial charge is 0.491 e. The lowest BCUT2D eigenvalue weighted by molar-refractivity contribution is -0.384. The number of nitro groups is 1. The third kappa shape index (κ3) is 7.64. The predicted molar refractivity (Wildman–Crippen MR) is 134 cm³/mol. The molecule has 11 nitrogen and oxygen atoms in total. The number of nitrogens with zero attached hydrogens (tertiary/aromatic N) is 3. The van der Waals surface area contributed by atoms with E-state index >= 15 is 0 Å². The summed E-state index contributed by atoms with van der Waals surface area (Å²) in [4.78, 5) is 62.3. The van der Waals surface area contributed by atoms with Crippen LogP contribution >= 0.6 is 0 Å². The van der Waals surface area contributed by atoms with E-state index in [9.17, 15) is 42.5 Å². The highest BCUT2D eigenvalue weighted by atomic mass is 19.4. The number of unbranched alkanes of at least 4 members (excludes halogenated alkanes) is 1. The molecule has 40 heavy (non-hydrogen) atoms. The number of nitrogens with two attached hydrogens (primary N) is 1. The number of esters is 2. The fraction of sp³-hybridized carbons (Fsp3) is 0.308. The lowest BCUT2D eigenvalue weighted by atomic mass is 10.1. The number of carbonyl (C=O) groups is 4. The van der Waals surface area contributed by atoms with Crippen molar-refractivity contribution in [3.63, 3.8) is 0 Å². The smallest absolute Gasteiger partial charge is 0.386 e. The van der Waals surface area contributed by atoms with Crippen molar-refractivity contribution in [2.75, 3.05) is 24.5 Å². The van der Waals surface area contributed by atoms with Crippen LogP contribution in [0.5, 0.6) is 0 Å². The predicted octanol–water partition coefficient (Wildman–Crippen LogP) is 2.70. The molecule has 0 aromatic heterocycles. The van der Waals surface area contributed by atoms with Gasteiger partial charge in [0.15, 0.2) is 0 Å². The fourth-order valence-corrected chi connectivity index (χ4v) is 3.74. The van der Waals surface area contributed by atoms with Gasteiger partial charge in [0.25, 0.3) is 11.6 Å². The molecule has 0 saturated heterocycles. The molecule has 2 aromatic rings. The standard InChI is InChI=1S/C26H23F3N4O7/c27-26(28,29)25(37)40-23(35)10-12-31-16-22(34)32(15-18-6-4-7-19(13-18)33(38)39)21-9-8-17(5-2-1-3-11-30)14-20(21)24(31)36/h4,6-9,13-14H,1,3,10-12,15-16,30H2. The third-order valence-corrected chi connectivity index (χ3v) is 5.66. The summed E-state index contributed by atoms with van der Waals surface area (Å²) in [5.74, 6) is 0.246. The molecule has 2 amide bonds. The first kappa shape index (κ1) is 29.8. The van der Waals surface area contributed by atoms with E-state index < -0.39 is 54.4 Å². The van der Waals surface area contributed by atoms with Crippen LogP contribution < -0.4 is 10.6 Å². The van der Waals surface area contributed by atoms with E-state index in [1.807, 2.05) is 0 Å². The molecule has 3 rings (SSSR count). The Morgan fingerprint density at radius 1 is 1.15 bits per heavy atom. The van der Waals surface area contributed by atoms with Crippen molar-refractivity contribution in [2.24, 2.45) is 5.73 Å². The second-order valence-electron chi connectivity index (χ2n) is 8.57. The minimum absolute atomic E-state index is 0.0154. The molecule has 0 spiro atoms. The summed E-state index contributed by atoms with van der Waals surface area (Å²) >= 11 is 0. The van der Waals surface area contributed by atoms with Gasteiger partial charge in [0.1, 0.15) is 6.54 Å². The molecule has 2 N–H and O–H groups in total. The average molecular weight is 560 g/mol. The maximum Gasteiger partial charge on any atom is 0.491 e. The number of rotatable bonds is 8. The first-order valence-electron chi connectivity index (χ1n) is 11.9. The Labute approximate surface area is 225 Å². The van der Waals surface area contributed by atoms with Gasteiger partial charge in [-0.2, -0.15) is 13.2 Å². The summed E-state index contributed by atoms with van der Waals surface area (Å²) in [5.41, 5.74) is 6.28. The molecule has 1 aliphatic rings. The number of hydrogen-bond acceptors (Lipinski definition) is 8. The minimum atomic E-state index is -5.38. The lowest BCUT2D eigenvalue weighted by Crippen LogP contribution is -2.40. The summed E-state index contributed by atoms with van der Waals surface area (Å²) in [6, 6.07) is 10.1. The maximum atomic E-state index is 13.4. The van der Waals surface area contributed by atoms with Crippen LogP contribution in [0.4, 0.5) is 24.5 Å². The molecule has 0 saturated carbocycles. The summed E-state index contributed by atoms with van der Waals surface area (Å²) in [5, 5.41) is 11.2. The van der Waals surface area contributed by atoms with E-state index in [0.29, 0.717) is 30.5 Å². The third-order valence-electron chi connectivity index (χ3n) is 5.66. The average Bonchev–Trinajstić information content (AvgIpc) is 2.99. The van der Waals surface area contributed by atoms with E-state index in [1.165, 1.54) is 35.2 Å². The molecule has 0 atom stereocenters. The highest BCUT2D eigenvalue weighted by Gasteiger charge is 2.42. The molecule has 0 bridgehead atoms. The van der Waals surface area contributed by atoms with Crippen molar-refractivity contribution in [3.8, 4) is 11.8 Å². The molecule has 210 valence electrons. The zero-order valence-corrected chi connectivity index (χ0v) is 20.9. The zero-order valence-electron chi connectivity index (χ0n) is 20.9. The van der Waals surface area contributed by atoms with Crippen LogP contribution in [-0.4, -0.2) is 59.4 Å². The Morgan fingerprint density at radius 3 is 2.58 bits per heavy atom. The lowest BCUT2D eigenvalue weighted by Gasteiger charge is -2.23. The highest BCUT2D eigenvalue weighted by Crippen LogP contribution is 2.29. The number of hydrogen-bond donors (Lipinski definition) is 1. The minimum Gasteiger partial charge on any atom is -0.386 e. The van der Waals surface area contributed by atoms with Crippen LogP contribution in [0.3, 0.4) is 0 Å².